The highest BCUT2D eigenvalue weighted by atomic mass is 32.1. The molecule has 0 aliphatic carbocycles. The van der Waals surface area contributed by atoms with Crippen LogP contribution < -0.4 is 0 Å². The highest BCUT2D eigenvalue weighted by Gasteiger charge is 2.16. The zero-order valence-corrected chi connectivity index (χ0v) is 23.9. The Morgan fingerprint density at radius 3 is 1.98 bits per heavy atom. The largest absolute Gasteiger partial charge is 0.192 e. The molecule has 2 nitrogen and oxygen atoms in total. The van der Waals surface area contributed by atoms with Crippen molar-refractivity contribution in [2.24, 2.45) is 0 Å². The van der Waals surface area contributed by atoms with Gasteiger partial charge < -0.3 is 0 Å². The molecule has 8 aromatic rings. The van der Waals surface area contributed by atoms with E-state index in [0.717, 1.165) is 38.6 Å². The predicted molar refractivity (Wildman–Crippen MR) is 178 cm³/mol. The molecule has 4 heteroatoms. The Morgan fingerprint density at radius 2 is 1.10 bits per heavy atom. The summed E-state index contributed by atoms with van der Waals surface area (Å²) in [6.45, 7) is 0. The standard InChI is InChI=1S/C38H20N2S2/c39-21-23-6-3-7-25(16-23)26-18-27(29-9-5-13-36-37(29)32-8-1-2-12-34(32)41-36)20-28(19-26)30-10-4-11-31-33-17-24(22-40)14-15-35(33)42-38(30)31/h1-20H. The van der Waals surface area contributed by atoms with E-state index in [1.807, 2.05) is 41.7 Å². The van der Waals surface area contributed by atoms with E-state index in [4.69, 9.17) is 0 Å². The van der Waals surface area contributed by atoms with Gasteiger partial charge in [-0.05, 0) is 94.0 Å². The Bertz CT molecular complexity index is 2450. The van der Waals surface area contributed by atoms with Gasteiger partial charge in [0.1, 0.15) is 0 Å². The zero-order chi connectivity index (χ0) is 28.2. The lowest BCUT2D eigenvalue weighted by Gasteiger charge is -2.13. The van der Waals surface area contributed by atoms with Crippen LogP contribution in [-0.4, -0.2) is 0 Å². The summed E-state index contributed by atoms with van der Waals surface area (Å²) in [6.07, 6.45) is 0. The molecule has 2 heterocycles. The third-order valence-corrected chi connectivity index (χ3v) is 10.3. The van der Waals surface area contributed by atoms with Crippen molar-refractivity contribution in [2.75, 3.05) is 0 Å². The van der Waals surface area contributed by atoms with Crippen molar-refractivity contribution in [1.82, 2.24) is 0 Å². The van der Waals surface area contributed by atoms with Crippen LogP contribution >= 0.6 is 22.7 Å². The third kappa shape index (κ3) is 3.90. The number of rotatable bonds is 3. The molecule has 42 heavy (non-hydrogen) atoms. The lowest BCUT2D eigenvalue weighted by Crippen LogP contribution is -1.88. The van der Waals surface area contributed by atoms with Gasteiger partial charge in [0.05, 0.1) is 23.3 Å². The minimum absolute atomic E-state index is 0.644. The van der Waals surface area contributed by atoms with Crippen molar-refractivity contribution < 1.29 is 0 Å². The fourth-order valence-electron chi connectivity index (χ4n) is 5.98. The van der Waals surface area contributed by atoms with Crippen molar-refractivity contribution >= 4 is 63.0 Å². The van der Waals surface area contributed by atoms with Crippen LogP contribution in [0.2, 0.25) is 0 Å². The van der Waals surface area contributed by atoms with E-state index in [9.17, 15) is 10.5 Å². The van der Waals surface area contributed by atoms with Crippen LogP contribution in [-0.2, 0) is 0 Å². The number of benzene rings is 6. The van der Waals surface area contributed by atoms with Crippen molar-refractivity contribution in [1.29, 1.82) is 10.5 Å². The molecule has 8 rings (SSSR count). The van der Waals surface area contributed by atoms with Gasteiger partial charge >= 0.3 is 0 Å². The van der Waals surface area contributed by atoms with Gasteiger partial charge in [0, 0.05) is 40.3 Å². The zero-order valence-electron chi connectivity index (χ0n) is 22.3. The average Bonchev–Trinajstić information content (AvgIpc) is 3.62. The highest BCUT2D eigenvalue weighted by molar-refractivity contribution is 7.26. The van der Waals surface area contributed by atoms with Crippen molar-refractivity contribution in [3.63, 3.8) is 0 Å². The molecule has 6 aromatic carbocycles. The SMILES string of the molecule is N#Cc1cccc(-c2cc(-c3cccc4c3sc3ccc(C#N)cc34)cc(-c3cccc4sc5ccccc5c34)c2)c1. The highest BCUT2D eigenvalue weighted by Crippen LogP contribution is 2.44. The third-order valence-electron chi connectivity index (χ3n) is 7.91. The summed E-state index contributed by atoms with van der Waals surface area (Å²) in [5.74, 6) is 0. The van der Waals surface area contributed by atoms with E-state index in [2.05, 4.69) is 103 Å². The topological polar surface area (TPSA) is 47.6 Å². The maximum atomic E-state index is 9.63. The normalized spacial score (nSPS) is 11.3. The predicted octanol–water partition coefficient (Wildman–Crippen LogP) is 11.2. The second kappa shape index (κ2) is 9.68. The Kier molecular flexibility index (Phi) is 5.66. The second-order valence-electron chi connectivity index (χ2n) is 10.4. The first-order valence-corrected chi connectivity index (χ1v) is 15.3. The Hall–Kier alpha value is -5.26. The van der Waals surface area contributed by atoms with E-state index in [-0.39, 0.29) is 0 Å². The summed E-state index contributed by atoms with van der Waals surface area (Å²) in [6, 6.07) is 46.8. The van der Waals surface area contributed by atoms with Gasteiger partial charge in [0.2, 0.25) is 0 Å². The number of thiophene rings is 2. The van der Waals surface area contributed by atoms with Gasteiger partial charge in [-0.2, -0.15) is 10.5 Å². The van der Waals surface area contributed by atoms with Gasteiger partial charge in [-0.25, -0.2) is 0 Å². The summed E-state index contributed by atoms with van der Waals surface area (Å²) in [4.78, 5) is 0. The molecule has 194 valence electrons. The van der Waals surface area contributed by atoms with Crippen LogP contribution in [0.25, 0.3) is 73.7 Å². The number of nitriles is 2. The van der Waals surface area contributed by atoms with Crippen LogP contribution in [0.4, 0.5) is 0 Å². The molecular weight excluding hydrogens is 549 g/mol. The summed E-state index contributed by atoms with van der Waals surface area (Å²) in [5, 5.41) is 24.0. The van der Waals surface area contributed by atoms with Crippen molar-refractivity contribution in [3.8, 4) is 45.5 Å². The summed E-state index contributed by atoms with van der Waals surface area (Å²) in [7, 11) is 0. The molecule has 0 aliphatic rings. The molecule has 0 amide bonds. The first kappa shape index (κ1) is 24.5. The molecule has 0 fully saturated rings. The van der Waals surface area contributed by atoms with Crippen LogP contribution in [0.1, 0.15) is 11.1 Å². The van der Waals surface area contributed by atoms with E-state index in [1.165, 1.54) is 35.1 Å². The minimum atomic E-state index is 0.644. The van der Waals surface area contributed by atoms with Crippen molar-refractivity contribution in [3.05, 3.63) is 132 Å². The smallest absolute Gasteiger partial charge is 0.0991 e. The molecule has 0 N–H and O–H groups in total. The Labute approximate surface area is 250 Å². The summed E-state index contributed by atoms with van der Waals surface area (Å²) >= 11 is 3.59. The fourth-order valence-corrected chi connectivity index (χ4v) is 8.33. The van der Waals surface area contributed by atoms with Crippen LogP contribution in [0.15, 0.2) is 121 Å². The van der Waals surface area contributed by atoms with E-state index >= 15 is 0 Å². The quantitative estimate of drug-likeness (QED) is 0.213. The van der Waals surface area contributed by atoms with Gasteiger partial charge in [0.25, 0.3) is 0 Å². The maximum Gasteiger partial charge on any atom is 0.0991 e. The Morgan fingerprint density at radius 1 is 0.429 bits per heavy atom. The molecule has 0 spiro atoms. The number of hydrogen-bond donors (Lipinski definition) is 0. The van der Waals surface area contributed by atoms with Crippen LogP contribution in [0, 0.1) is 22.7 Å². The molecule has 0 radical (unpaired) electrons. The molecule has 0 unspecified atom stereocenters. The monoisotopic (exact) mass is 568 g/mol. The Balaban J connectivity index is 1.43. The molecule has 0 aliphatic heterocycles. The van der Waals surface area contributed by atoms with E-state index < -0.39 is 0 Å². The van der Waals surface area contributed by atoms with Gasteiger partial charge in [-0.15, -0.1) is 22.7 Å². The molecule has 0 atom stereocenters. The summed E-state index contributed by atoms with van der Waals surface area (Å²) < 4.78 is 4.93. The maximum absolute atomic E-state index is 9.63. The second-order valence-corrected chi connectivity index (χ2v) is 12.5. The van der Waals surface area contributed by atoms with Crippen molar-refractivity contribution in [2.45, 2.75) is 0 Å². The van der Waals surface area contributed by atoms with Crippen LogP contribution in [0.3, 0.4) is 0 Å². The molecule has 0 bridgehead atoms. The first-order valence-electron chi connectivity index (χ1n) is 13.6. The lowest BCUT2D eigenvalue weighted by atomic mass is 9.91. The number of hydrogen-bond acceptors (Lipinski definition) is 4. The minimum Gasteiger partial charge on any atom is -0.192 e. The molecule has 2 aromatic heterocycles. The number of nitrogens with zero attached hydrogens (tertiary/aromatic N) is 2. The number of fused-ring (bicyclic) bond motifs is 6. The van der Waals surface area contributed by atoms with E-state index in [0.29, 0.717) is 11.1 Å². The molecule has 0 saturated heterocycles. The summed E-state index contributed by atoms with van der Waals surface area (Å²) in [5.41, 5.74) is 8.03. The van der Waals surface area contributed by atoms with Gasteiger partial charge in [-0.3, -0.25) is 0 Å². The van der Waals surface area contributed by atoms with Gasteiger partial charge in [-0.1, -0.05) is 60.7 Å². The van der Waals surface area contributed by atoms with E-state index in [1.54, 1.807) is 11.3 Å². The lowest BCUT2D eigenvalue weighted by molar-refractivity contribution is 1.48. The fraction of sp³-hybridized carbons (Fsp3) is 0. The average molecular weight is 569 g/mol. The van der Waals surface area contributed by atoms with Gasteiger partial charge in [0.15, 0.2) is 0 Å². The van der Waals surface area contributed by atoms with Crippen LogP contribution in [0.5, 0.6) is 0 Å². The molecular formula is C38H20N2S2. The molecule has 0 saturated carbocycles. The first-order chi connectivity index (χ1) is 20.7.